The van der Waals surface area contributed by atoms with Crippen molar-refractivity contribution in [2.75, 3.05) is 12.1 Å². The Balaban J connectivity index is 1.46. The lowest BCUT2D eigenvalue weighted by molar-refractivity contribution is 0.174. The van der Waals surface area contributed by atoms with Gasteiger partial charge in [-0.15, -0.1) is 0 Å². The Kier molecular flexibility index (Phi) is 5.98. The molecular formula is C26H29N3O3S. The number of aromatic nitrogens is 1. The van der Waals surface area contributed by atoms with Gasteiger partial charge in [-0.3, -0.25) is 4.79 Å². The normalized spacial score (nSPS) is 15.6. The van der Waals surface area contributed by atoms with Crippen LogP contribution in [-0.2, 0) is 6.54 Å². The number of pyridine rings is 1. The van der Waals surface area contributed by atoms with Gasteiger partial charge in [0.15, 0.2) is 16.6 Å². The van der Waals surface area contributed by atoms with E-state index in [1.54, 1.807) is 0 Å². The van der Waals surface area contributed by atoms with Gasteiger partial charge >= 0.3 is 0 Å². The van der Waals surface area contributed by atoms with Crippen LogP contribution in [0.5, 0.6) is 11.5 Å². The number of fused-ring (bicyclic) bond motifs is 2. The van der Waals surface area contributed by atoms with Crippen LogP contribution in [-0.4, -0.2) is 27.8 Å². The first kappa shape index (κ1) is 21.8. The highest BCUT2D eigenvalue weighted by atomic mass is 32.1. The molecule has 1 aromatic heterocycles. The smallest absolute Gasteiger partial charge is 0.253 e. The third-order valence-electron chi connectivity index (χ3n) is 6.67. The van der Waals surface area contributed by atoms with Gasteiger partial charge in [0.1, 0.15) is 0 Å². The van der Waals surface area contributed by atoms with Crippen molar-refractivity contribution in [1.29, 1.82) is 0 Å². The Morgan fingerprint density at radius 1 is 1.09 bits per heavy atom. The van der Waals surface area contributed by atoms with Gasteiger partial charge < -0.3 is 24.7 Å². The molecule has 0 spiro atoms. The topological polar surface area (TPSA) is 66.6 Å². The van der Waals surface area contributed by atoms with Gasteiger partial charge in [-0.05, 0) is 68.2 Å². The Bertz CT molecular complexity index is 1260. The molecule has 0 unspecified atom stereocenters. The summed E-state index contributed by atoms with van der Waals surface area (Å²) in [4.78, 5) is 18.2. The van der Waals surface area contributed by atoms with E-state index in [2.05, 4.69) is 47.2 Å². The number of benzene rings is 2. The third kappa shape index (κ3) is 4.55. The molecule has 1 aliphatic carbocycles. The fraction of sp³-hybridized carbons (Fsp3) is 0.385. The summed E-state index contributed by atoms with van der Waals surface area (Å²) in [7, 11) is 0. The minimum atomic E-state index is -0.100. The number of thiocarbonyl (C=S) groups is 1. The predicted molar refractivity (Wildman–Crippen MR) is 135 cm³/mol. The van der Waals surface area contributed by atoms with E-state index < -0.39 is 0 Å². The number of anilines is 1. The van der Waals surface area contributed by atoms with Crippen LogP contribution in [0.2, 0.25) is 0 Å². The van der Waals surface area contributed by atoms with Crippen molar-refractivity contribution in [3.63, 3.8) is 0 Å². The van der Waals surface area contributed by atoms with E-state index >= 15 is 0 Å². The second-order valence-electron chi connectivity index (χ2n) is 9.08. The average molecular weight is 464 g/mol. The molecule has 2 aromatic carbocycles. The number of aromatic amines is 1. The minimum absolute atomic E-state index is 0.100. The summed E-state index contributed by atoms with van der Waals surface area (Å²) in [6, 6.07) is 12.3. The largest absolute Gasteiger partial charge is 0.454 e. The summed E-state index contributed by atoms with van der Waals surface area (Å²) >= 11 is 5.91. The second kappa shape index (κ2) is 9.06. The van der Waals surface area contributed by atoms with Gasteiger partial charge in [0.05, 0.1) is 12.1 Å². The molecule has 0 bridgehead atoms. The molecule has 0 saturated heterocycles. The number of aryl methyl sites for hydroxylation is 2. The van der Waals surface area contributed by atoms with Crippen LogP contribution in [0.15, 0.2) is 41.2 Å². The summed E-state index contributed by atoms with van der Waals surface area (Å²) in [6.45, 7) is 4.82. The fourth-order valence-electron chi connectivity index (χ4n) is 4.76. The standard InChI is InChI=1S/C26H29N3O3S/c1-16-8-9-17(2)21(10-16)28-26(33)29(20-6-4-3-5-7-20)14-19-11-18-12-23-24(32-15-31-23)13-22(18)27-25(19)30/h8-13,20H,3-7,14-15H2,1-2H3,(H,27,30)(H,28,33). The fourth-order valence-corrected chi connectivity index (χ4v) is 5.08. The zero-order valence-corrected chi connectivity index (χ0v) is 19.9. The van der Waals surface area contributed by atoms with Crippen molar-refractivity contribution >= 4 is 33.9 Å². The molecule has 0 amide bonds. The maximum Gasteiger partial charge on any atom is 0.253 e. The number of nitrogens with zero attached hydrogens (tertiary/aromatic N) is 1. The third-order valence-corrected chi connectivity index (χ3v) is 7.00. The molecule has 1 saturated carbocycles. The first-order chi connectivity index (χ1) is 16.0. The van der Waals surface area contributed by atoms with Crippen LogP contribution < -0.4 is 20.3 Å². The minimum Gasteiger partial charge on any atom is -0.454 e. The van der Waals surface area contributed by atoms with Crippen molar-refractivity contribution in [3.05, 3.63) is 63.4 Å². The van der Waals surface area contributed by atoms with Crippen molar-refractivity contribution in [2.24, 2.45) is 0 Å². The highest BCUT2D eigenvalue weighted by Crippen LogP contribution is 2.35. The number of rotatable bonds is 4. The van der Waals surface area contributed by atoms with Crippen molar-refractivity contribution in [2.45, 2.75) is 58.5 Å². The second-order valence-corrected chi connectivity index (χ2v) is 9.47. The molecule has 3 aromatic rings. The number of hydrogen-bond acceptors (Lipinski definition) is 4. The van der Waals surface area contributed by atoms with Gasteiger partial charge in [0.25, 0.3) is 5.56 Å². The zero-order chi connectivity index (χ0) is 22.9. The van der Waals surface area contributed by atoms with E-state index in [0.29, 0.717) is 34.8 Å². The number of ether oxygens (including phenoxy) is 2. The van der Waals surface area contributed by atoms with Gasteiger partial charge in [0, 0.05) is 28.7 Å². The Morgan fingerprint density at radius 2 is 1.85 bits per heavy atom. The Hall–Kier alpha value is -3.06. The first-order valence-corrected chi connectivity index (χ1v) is 12.0. The molecule has 7 heteroatoms. The lowest BCUT2D eigenvalue weighted by atomic mass is 9.94. The monoisotopic (exact) mass is 463 g/mol. The van der Waals surface area contributed by atoms with E-state index in [-0.39, 0.29) is 12.4 Å². The molecule has 6 nitrogen and oxygen atoms in total. The van der Waals surface area contributed by atoms with Crippen molar-refractivity contribution in [1.82, 2.24) is 9.88 Å². The van der Waals surface area contributed by atoms with E-state index in [1.165, 1.54) is 24.8 Å². The molecular weight excluding hydrogens is 434 g/mol. The summed E-state index contributed by atoms with van der Waals surface area (Å²) < 4.78 is 11.0. The Labute approximate surface area is 198 Å². The molecule has 2 N–H and O–H groups in total. The van der Waals surface area contributed by atoms with Crippen LogP contribution in [0.25, 0.3) is 10.9 Å². The molecule has 2 aliphatic rings. The molecule has 2 heterocycles. The lowest BCUT2D eigenvalue weighted by Crippen LogP contribution is -2.44. The van der Waals surface area contributed by atoms with Crippen LogP contribution in [0.3, 0.4) is 0 Å². The highest BCUT2D eigenvalue weighted by Gasteiger charge is 2.25. The maximum absolute atomic E-state index is 13.0. The van der Waals surface area contributed by atoms with E-state index in [9.17, 15) is 4.79 Å². The molecule has 1 aliphatic heterocycles. The Morgan fingerprint density at radius 3 is 2.64 bits per heavy atom. The van der Waals surface area contributed by atoms with Gasteiger partial charge in [-0.2, -0.15) is 0 Å². The van der Waals surface area contributed by atoms with Gasteiger partial charge in [-0.25, -0.2) is 0 Å². The predicted octanol–water partition coefficient (Wildman–Crippen LogP) is 5.41. The lowest BCUT2D eigenvalue weighted by Gasteiger charge is -2.36. The average Bonchev–Trinajstić information content (AvgIpc) is 3.26. The summed E-state index contributed by atoms with van der Waals surface area (Å²) in [5.74, 6) is 1.37. The summed E-state index contributed by atoms with van der Waals surface area (Å²) in [5.41, 5.74) is 4.68. The quantitative estimate of drug-likeness (QED) is 0.505. The molecule has 0 radical (unpaired) electrons. The highest BCUT2D eigenvalue weighted by molar-refractivity contribution is 7.80. The van der Waals surface area contributed by atoms with Gasteiger partial charge in [-0.1, -0.05) is 31.4 Å². The van der Waals surface area contributed by atoms with Crippen molar-refractivity contribution < 1.29 is 9.47 Å². The van der Waals surface area contributed by atoms with Crippen molar-refractivity contribution in [3.8, 4) is 11.5 Å². The van der Waals surface area contributed by atoms with E-state index in [1.807, 2.05) is 18.2 Å². The van der Waals surface area contributed by atoms with Crippen LogP contribution in [0, 0.1) is 13.8 Å². The summed E-state index contributed by atoms with van der Waals surface area (Å²) in [5, 5.41) is 5.06. The maximum atomic E-state index is 13.0. The van der Waals surface area contributed by atoms with Gasteiger partial charge in [0.2, 0.25) is 6.79 Å². The molecule has 5 rings (SSSR count). The first-order valence-electron chi connectivity index (χ1n) is 11.6. The van der Waals surface area contributed by atoms with Crippen LogP contribution >= 0.6 is 12.2 Å². The van der Waals surface area contributed by atoms with Crippen LogP contribution in [0.1, 0.15) is 48.8 Å². The molecule has 0 atom stereocenters. The molecule has 33 heavy (non-hydrogen) atoms. The molecule has 1 fully saturated rings. The SMILES string of the molecule is Cc1ccc(C)c(NC(=S)N(Cc2cc3cc4c(cc3[nH]c2=O)OCO4)C2CCCCC2)c1. The number of nitrogens with one attached hydrogen (secondary N) is 2. The zero-order valence-electron chi connectivity index (χ0n) is 19.1. The number of hydrogen-bond donors (Lipinski definition) is 2. The van der Waals surface area contributed by atoms with Crippen LogP contribution in [0.4, 0.5) is 5.69 Å². The number of H-pyrrole nitrogens is 1. The van der Waals surface area contributed by atoms with E-state index in [4.69, 9.17) is 21.7 Å². The van der Waals surface area contributed by atoms with E-state index in [0.717, 1.165) is 35.0 Å². The summed E-state index contributed by atoms with van der Waals surface area (Å²) in [6.07, 6.45) is 5.79. The molecule has 172 valence electrons.